The Kier molecular flexibility index (Phi) is 7.72. The second-order valence-electron chi connectivity index (χ2n) is 9.06. The molecule has 0 spiro atoms. The van der Waals surface area contributed by atoms with Gasteiger partial charge in [-0.2, -0.15) is 0 Å². The zero-order valence-corrected chi connectivity index (χ0v) is 19.8. The van der Waals surface area contributed by atoms with Crippen molar-refractivity contribution in [2.24, 2.45) is 0 Å². The summed E-state index contributed by atoms with van der Waals surface area (Å²) in [6.45, 7) is 2.83. The summed E-state index contributed by atoms with van der Waals surface area (Å²) in [6.07, 6.45) is 11.2. The van der Waals surface area contributed by atoms with E-state index in [0.29, 0.717) is 41.4 Å². The normalized spacial score (nSPS) is 19.1. The number of carbonyl (C=O) groups is 2. The van der Waals surface area contributed by atoms with Gasteiger partial charge in [0.2, 0.25) is 0 Å². The van der Waals surface area contributed by atoms with Crippen LogP contribution in [0, 0.1) is 0 Å². The van der Waals surface area contributed by atoms with E-state index in [9.17, 15) is 9.59 Å². The summed E-state index contributed by atoms with van der Waals surface area (Å²) in [6, 6.07) is 5.56. The molecule has 172 valence electrons. The van der Waals surface area contributed by atoms with Gasteiger partial charge in [-0.25, -0.2) is 0 Å². The minimum absolute atomic E-state index is 0.0722. The van der Waals surface area contributed by atoms with Crippen LogP contribution in [0.3, 0.4) is 0 Å². The maximum Gasteiger partial charge on any atom is 0.163 e. The summed E-state index contributed by atoms with van der Waals surface area (Å²) in [5.74, 6) is 1.90. The lowest BCUT2D eigenvalue weighted by atomic mass is 9.73. The molecule has 0 bridgehead atoms. The zero-order valence-electron chi connectivity index (χ0n) is 19.0. The van der Waals surface area contributed by atoms with Gasteiger partial charge in [-0.05, 0) is 37.5 Å². The topological polar surface area (TPSA) is 52.6 Å². The van der Waals surface area contributed by atoms with Crippen LogP contribution in [-0.2, 0) is 14.3 Å². The van der Waals surface area contributed by atoms with E-state index in [1.165, 1.54) is 25.7 Å². The molecule has 4 rings (SSSR count). The smallest absolute Gasteiger partial charge is 0.163 e. The summed E-state index contributed by atoms with van der Waals surface area (Å²) in [7, 11) is 0. The molecule has 0 radical (unpaired) electrons. The molecule has 0 saturated heterocycles. The van der Waals surface area contributed by atoms with E-state index in [4.69, 9.17) is 21.1 Å². The fourth-order valence-corrected chi connectivity index (χ4v) is 5.25. The quantitative estimate of drug-likeness (QED) is 0.368. The van der Waals surface area contributed by atoms with Crippen LogP contribution < -0.4 is 4.74 Å². The van der Waals surface area contributed by atoms with Gasteiger partial charge >= 0.3 is 0 Å². The monoisotopic (exact) mass is 456 g/mol. The van der Waals surface area contributed by atoms with Gasteiger partial charge in [-0.15, -0.1) is 0 Å². The number of Topliss-reactive ketones (excluding diaryl/α,β-unsaturated/α-hetero) is 2. The number of benzene rings is 1. The highest BCUT2D eigenvalue weighted by Gasteiger charge is 2.42. The number of rotatable bonds is 9. The van der Waals surface area contributed by atoms with E-state index in [0.717, 1.165) is 55.6 Å². The second-order valence-corrected chi connectivity index (χ2v) is 9.50. The summed E-state index contributed by atoms with van der Waals surface area (Å²) < 4.78 is 12.4. The molecule has 32 heavy (non-hydrogen) atoms. The molecule has 0 saturated carbocycles. The number of allylic oxidation sites excluding steroid dienone is 4. The Morgan fingerprint density at radius 1 is 0.906 bits per heavy atom. The van der Waals surface area contributed by atoms with Crippen molar-refractivity contribution in [2.75, 3.05) is 6.61 Å². The Hall–Kier alpha value is -2.07. The molecule has 2 aliphatic carbocycles. The molecule has 0 N–H and O–H groups in total. The van der Waals surface area contributed by atoms with Crippen molar-refractivity contribution in [1.29, 1.82) is 0 Å². The fraction of sp³-hybridized carbons (Fsp3) is 0.556. The first-order valence-electron chi connectivity index (χ1n) is 12.2. The molecule has 0 aromatic heterocycles. The largest absolute Gasteiger partial charge is 0.493 e. The molecule has 0 fully saturated rings. The first-order chi connectivity index (χ1) is 15.6. The third-order valence-electron chi connectivity index (χ3n) is 6.68. The molecular weight excluding hydrogens is 424 g/mol. The summed E-state index contributed by atoms with van der Waals surface area (Å²) >= 11 is 6.40. The average Bonchev–Trinajstić information content (AvgIpc) is 2.78. The Bertz CT molecular complexity index is 901. The number of ketones is 2. The van der Waals surface area contributed by atoms with Crippen LogP contribution in [0.2, 0.25) is 5.02 Å². The zero-order chi connectivity index (χ0) is 22.5. The van der Waals surface area contributed by atoms with Crippen molar-refractivity contribution in [3.05, 3.63) is 51.4 Å². The predicted molar refractivity (Wildman–Crippen MR) is 126 cm³/mol. The standard InChI is InChI=1S/C27H33ClO4/c1-2-3-4-5-6-7-16-31-22-15-14-18(28)17-19(22)25-26-20(29)10-8-12-23(26)32-24-13-9-11-21(30)27(24)25/h14-15,17,25H,2-13,16H2,1H3. The van der Waals surface area contributed by atoms with Gasteiger partial charge in [0.25, 0.3) is 0 Å². The third kappa shape index (κ3) is 4.96. The van der Waals surface area contributed by atoms with E-state index >= 15 is 0 Å². The molecule has 0 amide bonds. The lowest BCUT2D eigenvalue weighted by Gasteiger charge is -2.36. The summed E-state index contributed by atoms with van der Waals surface area (Å²) in [4.78, 5) is 26.1. The molecule has 3 aliphatic rings. The minimum atomic E-state index is -0.437. The van der Waals surface area contributed by atoms with E-state index in [2.05, 4.69) is 6.92 Å². The Morgan fingerprint density at radius 2 is 1.53 bits per heavy atom. The van der Waals surface area contributed by atoms with Gasteiger partial charge in [0.05, 0.1) is 12.5 Å². The van der Waals surface area contributed by atoms with Crippen LogP contribution in [0.5, 0.6) is 5.75 Å². The highest BCUT2D eigenvalue weighted by atomic mass is 35.5. The van der Waals surface area contributed by atoms with Crippen LogP contribution in [0.1, 0.15) is 95.5 Å². The van der Waals surface area contributed by atoms with Crippen molar-refractivity contribution >= 4 is 23.2 Å². The number of unbranched alkanes of at least 4 members (excludes halogenated alkanes) is 5. The lowest BCUT2D eigenvalue weighted by molar-refractivity contribution is -0.117. The fourth-order valence-electron chi connectivity index (χ4n) is 5.07. The Morgan fingerprint density at radius 3 is 2.19 bits per heavy atom. The van der Waals surface area contributed by atoms with Gasteiger partial charge in [-0.1, -0.05) is 50.6 Å². The van der Waals surface area contributed by atoms with Crippen LogP contribution in [0.25, 0.3) is 0 Å². The van der Waals surface area contributed by atoms with Crippen molar-refractivity contribution in [3.63, 3.8) is 0 Å². The number of hydrogen-bond donors (Lipinski definition) is 0. The molecule has 1 aromatic carbocycles. The molecule has 4 nitrogen and oxygen atoms in total. The molecule has 1 heterocycles. The van der Waals surface area contributed by atoms with Crippen molar-refractivity contribution in [2.45, 2.75) is 89.9 Å². The van der Waals surface area contributed by atoms with Crippen molar-refractivity contribution in [1.82, 2.24) is 0 Å². The van der Waals surface area contributed by atoms with Crippen LogP contribution >= 0.6 is 11.6 Å². The first kappa shape index (κ1) is 23.1. The molecule has 1 aliphatic heterocycles. The van der Waals surface area contributed by atoms with Gasteiger partial charge < -0.3 is 9.47 Å². The molecule has 5 heteroatoms. The van der Waals surface area contributed by atoms with Gasteiger partial charge in [0, 0.05) is 47.4 Å². The minimum Gasteiger partial charge on any atom is -0.493 e. The van der Waals surface area contributed by atoms with Crippen LogP contribution in [0.4, 0.5) is 0 Å². The molecule has 0 atom stereocenters. The Labute approximate surface area is 196 Å². The maximum absolute atomic E-state index is 13.0. The van der Waals surface area contributed by atoms with Crippen molar-refractivity contribution < 1.29 is 19.1 Å². The molecular formula is C27H33ClO4. The number of ether oxygens (including phenoxy) is 2. The van der Waals surface area contributed by atoms with Gasteiger partial charge in [-0.3, -0.25) is 9.59 Å². The van der Waals surface area contributed by atoms with Crippen LogP contribution in [0.15, 0.2) is 40.9 Å². The van der Waals surface area contributed by atoms with Crippen molar-refractivity contribution in [3.8, 4) is 5.75 Å². The molecule has 0 unspecified atom stereocenters. The van der Waals surface area contributed by atoms with Gasteiger partial charge in [0.1, 0.15) is 17.3 Å². The lowest BCUT2D eigenvalue weighted by Crippen LogP contribution is -2.30. The first-order valence-corrected chi connectivity index (χ1v) is 12.6. The SMILES string of the molecule is CCCCCCCCOc1ccc(Cl)cc1C1C2=C(CCCC2=O)OC2=C1C(=O)CCC2. The summed E-state index contributed by atoms with van der Waals surface area (Å²) in [5.41, 5.74) is 2.09. The average molecular weight is 457 g/mol. The van der Waals surface area contributed by atoms with Gasteiger partial charge in [0.15, 0.2) is 11.6 Å². The number of halogens is 1. The highest BCUT2D eigenvalue weighted by Crippen LogP contribution is 2.50. The predicted octanol–water partition coefficient (Wildman–Crippen LogP) is 7.21. The highest BCUT2D eigenvalue weighted by molar-refractivity contribution is 6.30. The maximum atomic E-state index is 13.0. The summed E-state index contributed by atoms with van der Waals surface area (Å²) in [5, 5.41) is 0.578. The van der Waals surface area contributed by atoms with Crippen LogP contribution in [-0.4, -0.2) is 18.2 Å². The number of hydrogen-bond acceptors (Lipinski definition) is 4. The number of carbonyl (C=O) groups excluding carboxylic acids is 2. The van der Waals surface area contributed by atoms with E-state index < -0.39 is 5.92 Å². The van der Waals surface area contributed by atoms with E-state index in [-0.39, 0.29) is 11.6 Å². The van der Waals surface area contributed by atoms with E-state index in [1.54, 1.807) is 0 Å². The Balaban J connectivity index is 1.63. The third-order valence-corrected chi connectivity index (χ3v) is 6.91. The second kappa shape index (κ2) is 10.7. The molecule has 1 aromatic rings. The van der Waals surface area contributed by atoms with E-state index in [1.807, 2.05) is 18.2 Å².